The fourth-order valence-corrected chi connectivity index (χ4v) is 2.57. The molecule has 0 radical (unpaired) electrons. The summed E-state index contributed by atoms with van der Waals surface area (Å²) < 4.78 is 6.28. The molecule has 3 heteroatoms. The first-order chi connectivity index (χ1) is 9.04. The Kier molecular flexibility index (Phi) is 4.24. The van der Waals surface area contributed by atoms with Crippen molar-refractivity contribution in [2.45, 2.75) is 13.8 Å². The number of benzene rings is 2. The van der Waals surface area contributed by atoms with E-state index in [-0.39, 0.29) is 5.78 Å². The predicted molar refractivity (Wildman–Crippen MR) is 85.1 cm³/mol. The van der Waals surface area contributed by atoms with Crippen LogP contribution in [0.15, 0.2) is 36.4 Å². The van der Waals surface area contributed by atoms with E-state index in [1.165, 1.54) is 0 Å². The second-order valence-electron chi connectivity index (χ2n) is 4.47. The first-order valence-electron chi connectivity index (χ1n) is 5.99. The third kappa shape index (κ3) is 2.81. The minimum atomic E-state index is 0.00801. The molecule has 0 saturated carbocycles. The summed E-state index contributed by atoms with van der Waals surface area (Å²) in [7, 11) is 1.59. The highest BCUT2D eigenvalue weighted by Gasteiger charge is 2.17. The SMILES string of the molecule is COc1ccc(C)cc1C(=O)c1cccc(C)c1I. The van der Waals surface area contributed by atoms with E-state index in [1.54, 1.807) is 7.11 Å². The zero-order valence-corrected chi connectivity index (χ0v) is 13.3. The largest absolute Gasteiger partial charge is 0.496 e. The summed E-state index contributed by atoms with van der Waals surface area (Å²) in [5.41, 5.74) is 3.50. The van der Waals surface area contributed by atoms with Gasteiger partial charge in [-0.2, -0.15) is 0 Å². The molecular formula is C16H15IO2. The average molecular weight is 366 g/mol. The van der Waals surface area contributed by atoms with E-state index in [0.29, 0.717) is 11.3 Å². The van der Waals surface area contributed by atoms with Gasteiger partial charge in [0, 0.05) is 9.13 Å². The highest BCUT2D eigenvalue weighted by Crippen LogP contribution is 2.26. The maximum absolute atomic E-state index is 12.7. The lowest BCUT2D eigenvalue weighted by Gasteiger charge is -2.10. The highest BCUT2D eigenvalue weighted by atomic mass is 127. The molecule has 0 aliphatic rings. The fourth-order valence-electron chi connectivity index (χ4n) is 1.97. The van der Waals surface area contributed by atoms with Crippen LogP contribution >= 0.6 is 22.6 Å². The van der Waals surface area contributed by atoms with Crippen LogP contribution in [-0.4, -0.2) is 12.9 Å². The Bertz CT molecular complexity index is 633. The Morgan fingerprint density at radius 3 is 2.53 bits per heavy atom. The van der Waals surface area contributed by atoms with Crippen molar-refractivity contribution in [3.8, 4) is 5.75 Å². The van der Waals surface area contributed by atoms with E-state index in [9.17, 15) is 4.79 Å². The first-order valence-corrected chi connectivity index (χ1v) is 7.07. The standard InChI is InChI=1S/C16H15IO2/c1-10-7-8-14(19-3)13(9-10)16(18)12-6-4-5-11(2)15(12)17/h4-9H,1-3H3. The van der Waals surface area contributed by atoms with E-state index in [1.807, 2.05) is 50.2 Å². The van der Waals surface area contributed by atoms with E-state index in [0.717, 1.165) is 20.3 Å². The van der Waals surface area contributed by atoms with Gasteiger partial charge in [-0.3, -0.25) is 4.79 Å². The molecule has 0 atom stereocenters. The van der Waals surface area contributed by atoms with Crippen molar-refractivity contribution >= 4 is 28.4 Å². The Hall–Kier alpha value is -1.36. The molecule has 0 heterocycles. The van der Waals surface area contributed by atoms with Crippen LogP contribution in [0.25, 0.3) is 0 Å². The molecule has 0 unspecified atom stereocenters. The van der Waals surface area contributed by atoms with Crippen molar-refractivity contribution in [3.63, 3.8) is 0 Å². The summed E-state index contributed by atoms with van der Waals surface area (Å²) in [6, 6.07) is 11.4. The molecule has 0 aliphatic heterocycles. The fraction of sp³-hybridized carbons (Fsp3) is 0.188. The molecule has 2 rings (SSSR count). The van der Waals surface area contributed by atoms with Crippen molar-refractivity contribution in [1.82, 2.24) is 0 Å². The molecule has 0 bridgehead atoms. The third-order valence-corrected chi connectivity index (χ3v) is 4.47. The second kappa shape index (κ2) is 5.74. The van der Waals surface area contributed by atoms with E-state index < -0.39 is 0 Å². The predicted octanol–water partition coefficient (Wildman–Crippen LogP) is 4.15. The average Bonchev–Trinajstić information content (AvgIpc) is 2.41. The van der Waals surface area contributed by atoms with Gasteiger partial charge in [0.1, 0.15) is 5.75 Å². The van der Waals surface area contributed by atoms with Gasteiger partial charge in [0.05, 0.1) is 12.7 Å². The highest BCUT2D eigenvalue weighted by molar-refractivity contribution is 14.1. The Labute approximate surface area is 126 Å². The van der Waals surface area contributed by atoms with Crippen LogP contribution in [-0.2, 0) is 0 Å². The number of rotatable bonds is 3. The van der Waals surface area contributed by atoms with Crippen molar-refractivity contribution in [3.05, 3.63) is 62.2 Å². The molecule has 0 aliphatic carbocycles. The zero-order valence-electron chi connectivity index (χ0n) is 11.2. The summed E-state index contributed by atoms with van der Waals surface area (Å²) >= 11 is 2.22. The van der Waals surface area contributed by atoms with Gasteiger partial charge in [-0.25, -0.2) is 0 Å². The Morgan fingerprint density at radius 1 is 1.11 bits per heavy atom. The summed E-state index contributed by atoms with van der Waals surface area (Å²) in [5, 5.41) is 0. The number of carbonyl (C=O) groups is 1. The van der Waals surface area contributed by atoms with Crippen molar-refractivity contribution < 1.29 is 9.53 Å². The molecule has 19 heavy (non-hydrogen) atoms. The van der Waals surface area contributed by atoms with Crippen LogP contribution in [0.5, 0.6) is 5.75 Å². The lowest BCUT2D eigenvalue weighted by Crippen LogP contribution is -2.07. The molecule has 2 nitrogen and oxygen atoms in total. The molecule has 0 saturated heterocycles. The van der Waals surface area contributed by atoms with Crippen LogP contribution in [0.2, 0.25) is 0 Å². The Balaban J connectivity index is 2.56. The molecular weight excluding hydrogens is 351 g/mol. The summed E-state index contributed by atoms with van der Waals surface area (Å²) in [6.45, 7) is 3.98. The minimum Gasteiger partial charge on any atom is -0.496 e. The quantitative estimate of drug-likeness (QED) is 0.603. The van der Waals surface area contributed by atoms with E-state index in [4.69, 9.17) is 4.74 Å². The minimum absolute atomic E-state index is 0.00801. The Morgan fingerprint density at radius 2 is 1.84 bits per heavy atom. The molecule has 0 amide bonds. The molecule has 2 aromatic rings. The number of aryl methyl sites for hydroxylation is 2. The van der Waals surface area contributed by atoms with Crippen LogP contribution in [0.4, 0.5) is 0 Å². The topological polar surface area (TPSA) is 26.3 Å². The molecule has 0 fully saturated rings. The molecule has 0 N–H and O–H groups in total. The van der Waals surface area contributed by atoms with Gasteiger partial charge in [0.25, 0.3) is 0 Å². The second-order valence-corrected chi connectivity index (χ2v) is 5.55. The summed E-state index contributed by atoms with van der Waals surface area (Å²) in [4.78, 5) is 12.7. The van der Waals surface area contributed by atoms with Crippen molar-refractivity contribution in [2.24, 2.45) is 0 Å². The van der Waals surface area contributed by atoms with Crippen LogP contribution in [0.3, 0.4) is 0 Å². The zero-order chi connectivity index (χ0) is 14.0. The van der Waals surface area contributed by atoms with Gasteiger partial charge in [0.15, 0.2) is 5.78 Å². The monoisotopic (exact) mass is 366 g/mol. The molecule has 98 valence electrons. The maximum atomic E-state index is 12.7. The summed E-state index contributed by atoms with van der Waals surface area (Å²) in [5.74, 6) is 0.626. The van der Waals surface area contributed by atoms with Crippen molar-refractivity contribution in [1.29, 1.82) is 0 Å². The lowest BCUT2D eigenvalue weighted by atomic mass is 9.99. The number of hydrogen-bond donors (Lipinski definition) is 0. The summed E-state index contributed by atoms with van der Waals surface area (Å²) in [6.07, 6.45) is 0. The van der Waals surface area contributed by atoms with Crippen LogP contribution < -0.4 is 4.74 Å². The van der Waals surface area contributed by atoms with Crippen LogP contribution in [0.1, 0.15) is 27.0 Å². The smallest absolute Gasteiger partial charge is 0.197 e. The number of halogens is 1. The number of hydrogen-bond acceptors (Lipinski definition) is 2. The third-order valence-electron chi connectivity index (χ3n) is 3.04. The van der Waals surface area contributed by atoms with Crippen molar-refractivity contribution in [2.75, 3.05) is 7.11 Å². The number of ketones is 1. The first kappa shape index (κ1) is 14.1. The van der Waals surface area contributed by atoms with Gasteiger partial charge < -0.3 is 4.74 Å². The van der Waals surface area contributed by atoms with E-state index >= 15 is 0 Å². The van der Waals surface area contributed by atoms with Gasteiger partial charge in [0.2, 0.25) is 0 Å². The number of ether oxygens (including phenoxy) is 1. The lowest BCUT2D eigenvalue weighted by molar-refractivity contribution is 0.103. The number of carbonyl (C=O) groups excluding carboxylic acids is 1. The van der Waals surface area contributed by atoms with Gasteiger partial charge in [-0.05, 0) is 60.2 Å². The normalized spacial score (nSPS) is 10.3. The molecule has 0 spiro atoms. The molecule has 2 aromatic carbocycles. The maximum Gasteiger partial charge on any atom is 0.197 e. The van der Waals surface area contributed by atoms with Gasteiger partial charge in [-0.1, -0.05) is 23.8 Å². The van der Waals surface area contributed by atoms with Crippen LogP contribution in [0, 0.1) is 17.4 Å². The molecule has 0 aromatic heterocycles. The van der Waals surface area contributed by atoms with Gasteiger partial charge >= 0.3 is 0 Å². The van der Waals surface area contributed by atoms with Gasteiger partial charge in [-0.15, -0.1) is 0 Å². The number of methoxy groups -OCH3 is 1. The van der Waals surface area contributed by atoms with E-state index in [2.05, 4.69) is 22.6 Å².